The van der Waals surface area contributed by atoms with Crippen LogP contribution in [0.15, 0.2) is 23.6 Å². The molecule has 1 heterocycles. The number of thiazole rings is 1. The Hall–Kier alpha value is -0.970. The first kappa shape index (κ1) is 12.5. The van der Waals surface area contributed by atoms with Gasteiger partial charge in [0.1, 0.15) is 5.82 Å². The van der Waals surface area contributed by atoms with Crippen molar-refractivity contribution in [3.63, 3.8) is 0 Å². The summed E-state index contributed by atoms with van der Waals surface area (Å²) in [6.07, 6.45) is 0.524. The van der Waals surface area contributed by atoms with Gasteiger partial charge in [-0.25, -0.2) is 9.37 Å². The molecule has 0 radical (unpaired) electrons. The van der Waals surface area contributed by atoms with E-state index in [4.69, 9.17) is 17.3 Å². The zero-order valence-electron chi connectivity index (χ0n) is 9.28. The van der Waals surface area contributed by atoms with Crippen molar-refractivity contribution < 1.29 is 4.39 Å². The minimum absolute atomic E-state index is 0.324. The Morgan fingerprint density at radius 2 is 2.29 bits per heavy atom. The molecule has 2 aromatic rings. The van der Waals surface area contributed by atoms with Crippen LogP contribution in [0.5, 0.6) is 0 Å². The molecule has 0 aliphatic carbocycles. The van der Waals surface area contributed by atoms with Crippen LogP contribution in [0.25, 0.3) is 0 Å². The minimum Gasteiger partial charge on any atom is -0.324 e. The molecule has 1 aromatic carbocycles. The van der Waals surface area contributed by atoms with Gasteiger partial charge in [0.05, 0.1) is 5.01 Å². The Labute approximate surface area is 108 Å². The third kappa shape index (κ3) is 3.03. The molecule has 0 spiro atoms. The molecule has 0 aliphatic rings. The van der Waals surface area contributed by atoms with Crippen molar-refractivity contribution in [3.05, 3.63) is 50.7 Å². The average molecular weight is 271 g/mol. The van der Waals surface area contributed by atoms with Gasteiger partial charge in [0, 0.05) is 34.1 Å². The molecule has 0 saturated heterocycles. The fraction of sp³-hybridized carbons (Fsp3) is 0.250. The lowest BCUT2D eigenvalue weighted by Gasteiger charge is -2.11. The maximum atomic E-state index is 13.6. The summed E-state index contributed by atoms with van der Waals surface area (Å²) in [6.45, 7) is 1.92. The van der Waals surface area contributed by atoms with E-state index in [0.717, 1.165) is 10.7 Å². The van der Waals surface area contributed by atoms with Crippen LogP contribution >= 0.6 is 22.9 Å². The van der Waals surface area contributed by atoms with E-state index in [1.54, 1.807) is 6.07 Å². The standard InChI is InChI=1S/C12H12ClFN2S/c1-7-6-17-12(16-7)5-11(15)9-4-8(13)2-3-10(9)14/h2-4,6,11H,5,15H2,1H3. The van der Waals surface area contributed by atoms with Crippen molar-refractivity contribution in [3.8, 4) is 0 Å². The predicted octanol–water partition coefficient (Wildman–Crippen LogP) is 3.49. The van der Waals surface area contributed by atoms with Crippen molar-refractivity contribution in [2.75, 3.05) is 0 Å². The van der Waals surface area contributed by atoms with Gasteiger partial charge in [0.25, 0.3) is 0 Å². The molecule has 0 aliphatic heterocycles. The van der Waals surface area contributed by atoms with Crippen LogP contribution in [0.4, 0.5) is 4.39 Å². The van der Waals surface area contributed by atoms with Crippen molar-refractivity contribution >= 4 is 22.9 Å². The lowest BCUT2D eigenvalue weighted by molar-refractivity contribution is 0.580. The first-order valence-corrected chi connectivity index (χ1v) is 6.43. The predicted molar refractivity (Wildman–Crippen MR) is 68.9 cm³/mol. The zero-order chi connectivity index (χ0) is 12.4. The number of aromatic nitrogens is 1. The van der Waals surface area contributed by atoms with Gasteiger partial charge >= 0.3 is 0 Å². The Morgan fingerprint density at radius 3 is 2.94 bits per heavy atom. The Balaban J connectivity index is 2.19. The summed E-state index contributed by atoms with van der Waals surface area (Å²) in [5, 5.41) is 3.36. The molecule has 90 valence electrons. The van der Waals surface area contributed by atoms with Gasteiger partial charge in [-0.3, -0.25) is 0 Å². The molecule has 2 N–H and O–H groups in total. The van der Waals surface area contributed by atoms with Crippen molar-refractivity contribution in [1.29, 1.82) is 0 Å². The largest absolute Gasteiger partial charge is 0.324 e. The highest BCUT2D eigenvalue weighted by Gasteiger charge is 2.14. The van der Waals surface area contributed by atoms with Gasteiger partial charge in [0.2, 0.25) is 0 Å². The molecule has 17 heavy (non-hydrogen) atoms. The molecule has 1 atom stereocenters. The van der Waals surface area contributed by atoms with E-state index in [2.05, 4.69) is 4.98 Å². The van der Waals surface area contributed by atoms with E-state index >= 15 is 0 Å². The average Bonchev–Trinajstić information content (AvgIpc) is 2.67. The number of nitrogens with zero attached hydrogens (tertiary/aromatic N) is 1. The summed E-state index contributed by atoms with van der Waals surface area (Å²) in [6, 6.07) is 4.01. The van der Waals surface area contributed by atoms with Crippen LogP contribution in [-0.2, 0) is 6.42 Å². The quantitative estimate of drug-likeness (QED) is 0.927. The van der Waals surface area contributed by atoms with Crippen LogP contribution in [0.2, 0.25) is 5.02 Å². The topological polar surface area (TPSA) is 38.9 Å². The third-order valence-electron chi connectivity index (χ3n) is 2.42. The first-order chi connectivity index (χ1) is 8.06. The third-order valence-corrected chi connectivity index (χ3v) is 3.64. The van der Waals surface area contributed by atoms with E-state index < -0.39 is 6.04 Å². The van der Waals surface area contributed by atoms with E-state index in [1.807, 2.05) is 12.3 Å². The molecule has 1 unspecified atom stereocenters. The lowest BCUT2D eigenvalue weighted by atomic mass is 10.0. The maximum absolute atomic E-state index is 13.6. The minimum atomic E-state index is -0.417. The number of benzene rings is 1. The van der Waals surface area contributed by atoms with E-state index in [1.165, 1.54) is 23.5 Å². The van der Waals surface area contributed by atoms with Crippen LogP contribution < -0.4 is 5.73 Å². The van der Waals surface area contributed by atoms with E-state index in [9.17, 15) is 4.39 Å². The van der Waals surface area contributed by atoms with Crippen molar-refractivity contribution in [2.45, 2.75) is 19.4 Å². The summed E-state index contributed by atoms with van der Waals surface area (Å²) in [5.41, 5.74) is 7.37. The number of aryl methyl sites for hydroxylation is 1. The monoisotopic (exact) mass is 270 g/mol. The summed E-state index contributed by atoms with van der Waals surface area (Å²) >= 11 is 7.37. The van der Waals surface area contributed by atoms with Crippen LogP contribution in [0, 0.1) is 12.7 Å². The normalized spacial score (nSPS) is 12.7. The number of halogens is 2. The highest BCUT2D eigenvalue weighted by atomic mass is 35.5. The van der Waals surface area contributed by atoms with Gasteiger partial charge in [-0.05, 0) is 25.1 Å². The van der Waals surface area contributed by atoms with Crippen molar-refractivity contribution in [2.24, 2.45) is 5.73 Å². The molecule has 5 heteroatoms. The number of rotatable bonds is 3. The van der Waals surface area contributed by atoms with E-state index in [0.29, 0.717) is 17.0 Å². The molecule has 2 nitrogen and oxygen atoms in total. The number of hydrogen-bond acceptors (Lipinski definition) is 3. The van der Waals surface area contributed by atoms with Crippen molar-refractivity contribution in [1.82, 2.24) is 4.98 Å². The van der Waals surface area contributed by atoms with Crippen LogP contribution in [0.1, 0.15) is 22.3 Å². The van der Waals surface area contributed by atoms with Gasteiger partial charge in [-0.1, -0.05) is 11.6 Å². The Morgan fingerprint density at radius 1 is 1.53 bits per heavy atom. The Kier molecular flexibility index (Phi) is 3.76. The molecule has 0 amide bonds. The molecule has 2 rings (SSSR count). The summed E-state index contributed by atoms with van der Waals surface area (Å²) in [5.74, 6) is -0.324. The lowest BCUT2D eigenvalue weighted by Crippen LogP contribution is -2.15. The summed E-state index contributed by atoms with van der Waals surface area (Å²) in [7, 11) is 0. The molecule has 0 bridgehead atoms. The van der Waals surface area contributed by atoms with Gasteiger partial charge in [-0.15, -0.1) is 11.3 Å². The van der Waals surface area contributed by atoms with Crippen LogP contribution in [0.3, 0.4) is 0 Å². The summed E-state index contributed by atoms with van der Waals surface area (Å²) < 4.78 is 13.6. The number of nitrogens with two attached hydrogens (primary N) is 1. The fourth-order valence-corrected chi connectivity index (χ4v) is 2.61. The SMILES string of the molecule is Cc1csc(CC(N)c2cc(Cl)ccc2F)n1. The highest BCUT2D eigenvalue weighted by molar-refractivity contribution is 7.09. The van der Waals surface area contributed by atoms with E-state index in [-0.39, 0.29) is 5.82 Å². The first-order valence-electron chi connectivity index (χ1n) is 5.18. The molecule has 0 saturated carbocycles. The zero-order valence-corrected chi connectivity index (χ0v) is 10.9. The van der Waals surface area contributed by atoms with Gasteiger partial charge in [-0.2, -0.15) is 0 Å². The fourth-order valence-electron chi connectivity index (χ4n) is 1.59. The Bertz CT molecular complexity index is 527. The second kappa shape index (κ2) is 5.12. The molecule has 1 aromatic heterocycles. The maximum Gasteiger partial charge on any atom is 0.128 e. The second-order valence-electron chi connectivity index (χ2n) is 3.86. The number of hydrogen-bond donors (Lipinski definition) is 1. The van der Waals surface area contributed by atoms with Gasteiger partial charge < -0.3 is 5.73 Å². The molecular formula is C12H12ClFN2S. The highest BCUT2D eigenvalue weighted by Crippen LogP contribution is 2.23. The molecule has 0 fully saturated rings. The second-order valence-corrected chi connectivity index (χ2v) is 5.24. The summed E-state index contributed by atoms with van der Waals surface area (Å²) in [4.78, 5) is 4.31. The smallest absolute Gasteiger partial charge is 0.128 e. The van der Waals surface area contributed by atoms with Gasteiger partial charge in [0.15, 0.2) is 0 Å². The van der Waals surface area contributed by atoms with Crippen LogP contribution in [-0.4, -0.2) is 4.98 Å². The molecular weight excluding hydrogens is 259 g/mol.